The van der Waals surface area contributed by atoms with E-state index in [2.05, 4.69) is 27.3 Å². The molecule has 2 amide bonds. The Morgan fingerprint density at radius 2 is 1.41 bits per heavy atom. The summed E-state index contributed by atoms with van der Waals surface area (Å²) in [6, 6.07) is 9.60. The van der Waals surface area contributed by atoms with E-state index in [9.17, 15) is 9.59 Å². The first kappa shape index (κ1) is 19.4. The van der Waals surface area contributed by atoms with Crippen molar-refractivity contribution in [2.45, 2.75) is 38.5 Å². The van der Waals surface area contributed by atoms with Gasteiger partial charge in [0.05, 0.1) is 11.1 Å². The molecule has 0 radical (unpaired) electrons. The zero-order chi connectivity index (χ0) is 20.1. The number of benzene rings is 1. The molecule has 2 aliphatic rings. The lowest BCUT2D eigenvalue weighted by atomic mass is 10.1. The number of nitrogens with zero attached hydrogens (tertiary/aromatic N) is 3. The zero-order valence-electron chi connectivity index (χ0n) is 16.8. The van der Waals surface area contributed by atoms with Gasteiger partial charge in [-0.15, -0.1) is 0 Å². The van der Waals surface area contributed by atoms with E-state index in [-0.39, 0.29) is 11.8 Å². The molecule has 0 aliphatic carbocycles. The topological polar surface area (TPSA) is 65.5 Å². The van der Waals surface area contributed by atoms with Gasteiger partial charge in [0, 0.05) is 49.9 Å². The van der Waals surface area contributed by atoms with E-state index in [1.165, 1.54) is 37.6 Å². The van der Waals surface area contributed by atoms with Gasteiger partial charge < -0.3 is 15.1 Å². The van der Waals surface area contributed by atoms with Crippen LogP contribution in [0.2, 0.25) is 0 Å². The second-order valence-corrected chi connectivity index (χ2v) is 7.86. The Balaban J connectivity index is 1.41. The predicted octanol–water partition coefficient (Wildman–Crippen LogP) is 3.95. The Kier molecular flexibility index (Phi) is 6.08. The molecule has 1 aromatic carbocycles. The van der Waals surface area contributed by atoms with Gasteiger partial charge in [0.2, 0.25) is 0 Å². The maximum Gasteiger partial charge on any atom is 0.257 e. The fraction of sp³-hybridized carbons (Fsp3) is 0.435. The minimum absolute atomic E-state index is 0.0438. The molecule has 0 saturated carbocycles. The van der Waals surface area contributed by atoms with E-state index in [0.717, 1.165) is 44.7 Å². The standard InChI is InChI=1S/C23H28N4O2/c28-22(25-20-7-9-21(10-8-20)26-11-3-1-4-12-26)18-15-19(17-24-16-18)23(29)27-13-5-2-6-14-27/h7-10,15-17H,1-6,11-14H2,(H,25,28). The summed E-state index contributed by atoms with van der Waals surface area (Å²) in [5.74, 6) is -0.297. The average molecular weight is 393 g/mol. The number of likely N-dealkylation sites (tertiary alicyclic amines) is 1. The minimum Gasteiger partial charge on any atom is -0.372 e. The monoisotopic (exact) mass is 392 g/mol. The highest BCUT2D eigenvalue weighted by Gasteiger charge is 2.20. The summed E-state index contributed by atoms with van der Waals surface area (Å²) in [5, 5.41) is 2.91. The van der Waals surface area contributed by atoms with E-state index in [0.29, 0.717) is 11.1 Å². The highest BCUT2D eigenvalue weighted by Crippen LogP contribution is 2.22. The van der Waals surface area contributed by atoms with Gasteiger partial charge in [0.25, 0.3) is 11.8 Å². The minimum atomic E-state index is -0.253. The number of pyridine rings is 1. The second-order valence-electron chi connectivity index (χ2n) is 7.86. The van der Waals surface area contributed by atoms with E-state index in [1.807, 2.05) is 17.0 Å². The van der Waals surface area contributed by atoms with Crippen molar-refractivity contribution in [3.8, 4) is 0 Å². The third-order valence-electron chi connectivity index (χ3n) is 5.74. The quantitative estimate of drug-likeness (QED) is 0.856. The van der Waals surface area contributed by atoms with Gasteiger partial charge in [-0.1, -0.05) is 0 Å². The first-order valence-corrected chi connectivity index (χ1v) is 10.6. The molecule has 6 nitrogen and oxygen atoms in total. The lowest BCUT2D eigenvalue weighted by molar-refractivity contribution is 0.0724. The van der Waals surface area contributed by atoms with Crippen molar-refractivity contribution < 1.29 is 9.59 Å². The molecule has 0 spiro atoms. The Morgan fingerprint density at radius 1 is 0.793 bits per heavy atom. The molecule has 2 aromatic rings. The molecule has 1 N–H and O–H groups in total. The van der Waals surface area contributed by atoms with Crippen LogP contribution in [0.5, 0.6) is 0 Å². The molecule has 4 rings (SSSR count). The number of carbonyl (C=O) groups is 2. The third-order valence-corrected chi connectivity index (χ3v) is 5.74. The van der Waals surface area contributed by atoms with Crippen molar-refractivity contribution in [2.75, 3.05) is 36.4 Å². The lowest BCUT2D eigenvalue weighted by Gasteiger charge is -2.28. The van der Waals surface area contributed by atoms with Gasteiger partial charge in [0.15, 0.2) is 0 Å². The van der Waals surface area contributed by atoms with E-state index >= 15 is 0 Å². The Bertz CT molecular complexity index is 853. The van der Waals surface area contributed by atoms with E-state index in [4.69, 9.17) is 0 Å². The van der Waals surface area contributed by atoms with Gasteiger partial charge in [0.1, 0.15) is 0 Å². The molecule has 0 atom stereocenters. The molecule has 2 saturated heterocycles. The largest absolute Gasteiger partial charge is 0.372 e. The molecule has 2 fully saturated rings. The van der Waals surface area contributed by atoms with Crippen LogP contribution in [-0.2, 0) is 0 Å². The van der Waals surface area contributed by atoms with Gasteiger partial charge in [-0.2, -0.15) is 0 Å². The molecule has 152 valence electrons. The first-order valence-electron chi connectivity index (χ1n) is 10.6. The number of hydrogen-bond acceptors (Lipinski definition) is 4. The van der Waals surface area contributed by atoms with Gasteiger partial charge in [-0.05, 0) is 68.9 Å². The molecule has 29 heavy (non-hydrogen) atoms. The molecular formula is C23H28N4O2. The molecule has 6 heteroatoms. The molecule has 3 heterocycles. The SMILES string of the molecule is O=C(Nc1ccc(N2CCCCC2)cc1)c1cncc(C(=O)N2CCCCC2)c1. The summed E-state index contributed by atoms with van der Waals surface area (Å²) in [4.78, 5) is 33.7. The van der Waals surface area contributed by atoms with Crippen LogP contribution in [0.4, 0.5) is 11.4 Å². The Hall–Kier alpha value is -2.89. The number of anilines is 2. The average Bonchev–Trinajstić information content (AvgIpc) is 2.80. The smallest absolute Gasteiger partial charge is 0.257 e. The number of piperidine rings is 2. The molecule has 1 aromatic heterocycles. The number of nitrogens with one attached hydrogen (secondary N) is 1. The van der Waals surface area contributed by atoms with Gasteiger partial charge >= 0.3 is 0 Å². The van der Waals surface area contributed by atoms with Crippen LogP contribution < -0.4 is 10.2 Å². The Morgan fingerprint density at radius 3 is 2.10 bits per heavy atom. The van der Waals surface area contributed by atoms with Crippen molar-refractivity contribution in [3.63, 3.8) is 0 Å². The summed E-state index contributed by atoms with van der Waals surface area (Å²) in [6.45, 7) is 3.74. The summed E-state index contributed by atoms with van der Waals surface area (Å²) >= 11 is 0. The maximum atomic E-state index is 12.7. The van der Waals surface area contributed by atoms with Crippen LogP contribution in [0, 0.1) is 0 Å². The molecule has 0 unspecified atom stereocenters. The normalized spacial score (nSPS) is 17.1. The van der Waals surface area contributed by atoms with E-state index < -0.39 is 0 Å². The maximum absolute atomic E-state index is 12.7. The van der Waals surface area contributed by atoms with Crippen LogP contribution in [-0.4, -0.2) is 47.9 Å². The third kappa shape index (κ3) is 4.75. The summed E-state index contributed by atoms with van der Waals surface area (Å²) < 4.78 is 0. The highest BCUT2D eigenvalue weighted by atomic mass is 16.2. The van der Waals surface area contributed by atoms with Gasteiger partial charge in [-0.25, -0.2) is 0 Å². The number of rotatable bonds is 4. The number of amides is 2. The number of hydrogen-bond donors (Lipinski definition) is 1. The predicted molar refractivity (Wildman–Crippen MR) is 114 cm³/mol. The van der Waals surface area contributed by atoms with Crippen LogP contribution >= 0.6 is 0 Å². The van der Waals surface area contributed by atoms with E-state index in [1.54, 1.807) is 12.3 Å². The zero-order valence-corrected chi connectivity index (χ0v) is 16.8. The van der Waals surface area contributed by atoms with Crippen molar-refractivity contribution >= 4 is 23.2 Å². The lowest BCUT2D eigenvalue weighted by Crippen LogP contribution is -2.35. The summed E-state index contributed by atoms with van der Waals surface area (Å²) in [6.07, 6.45) is 10.1. The van der Waals surface area contributed by atoms with Crippen molar-refractivity contribution in [1.29, 1.82) is 0 Å². The van der Waals surface area contributed by atoms with Crippen LogP contribution in [0.25, 0.3) is 0 Å². The van der Waals surface area contributed by atoms with Crippen LogP contribution in [0.15, 0.2) is 42.7 Å². The number of carbonyl (C=O) groups excluding carboxylic acids is 2. The molecule has 0 bridgehead atoms. The van der Waals surface area contributed by atoms with Crippen molar-refractivity contribution in [3.05, 3.63) is 53.9 Å². The fourth-order valence-corrected chi connectivity index (χ4v) is 4.07. The summed E-state index contributed by atoms with van der Waals surface area (Å²) in [5.41, 5.74) is 2.80. The second kappa shape index (κ2) is 9.07. The van der Waals surface area contributed by atoms with Crippen LogP contribution in [0.3, 0.4) is 0 Å². The molecule has 2 aliphatic heterocycles. The first-order chi connectivity index (χ1) is 14.2. The Labute approximate surface area is 171 Å². The summed E-state index contributed by atoms with van der Waals surface area (Å²) in [7, 11) is 0. The van der Waals surface area contributed by atoms with Crippen molar-refractivity contribution in [2.24, 2.45) is 0 Å². The fourth-order valence-electron chi connectivity index (χ4n) is 4.07. The molecular weight excluding hydrogens is 364 g/mol. The van der Waals surface area contributed by atoms with Crippen LogP contribution in [0.1, 0.15) is 59.2 Å². The van der Waals surface area contributed by atoms with Gasteiger partial charge in [-0.3, -0.25) is 14.6 Å². The number of aromatic nitrogens is 1. The highest BCUT2D eigenvalue weighted by molar-refractivity contribution is 6.05. The van der Waals surface area contributed by atoms with Crippen molar-refractivity contribution in [1.82, 2.24) is 9.88 Å².